The standard InChI is InChI=1S/C4H2Cl2O2.C4H5NO3/c5-3(7)1-2-4(6)8;5-3(6)1-2-4(7)8/h1-2H;1-2H,(H2,5,6)(H,7,8). The molecule has 0 heterocycles. The van der Waals surface area contributed by atoms with Crippen LogP contribution in [0.15, 0.2) is 24.3 Å². The minimum absolute atomic E-state index is 0.683. The lowest BCUT2D eigenvalue weighted by atomic mass is 10.5. The molecule has 0 aliphatic heterocycles. The maximum Gasteiger partial charge on any atom is 0.328 e. The Hall–Kier alpha value is -1.66. The van der Waals surface area contributed by atoms with Gasteiger partial charge in [-0.1, -0.05) is 0 Å². The lowest BCUT2D eigenvalue weighted by Crippen LogP contribution is -2.06. The van der Waals surface area contributed by atoms with Crippen LogP contribution in [0, 0.1) is 0 Å². The number of rotatable bonds is 4. The number of hydrogen-bond acceptors (Lipinski definition) is 4. The van der Waals surface area contributed by atoms with Crippen molar-refractivity contribution in [1.29, 1.82) is 0 Å². The van der Waals surface area contributed by atoms with Gasteiger partial charge in [0.05, 0.1) is 0 Å². The highest BCUT2D eigenvalue weighted by Crippen LogP contribution is 1.85. The summed E-state index contributed by atoms with van der Waals surface area (Å²) in [5, 5.41) is 6.45. The lowest BCUT2D eigenvalue weighted by molar-refractivity contribution is -0.131. The van der Waals surface area contributed by atoms with Crippen molar-refractivity contribution in [3.63, 3.8) is 0 Å². The minimum Gasteiger partial charge on any atom is -0.478 e. The second-order valence-corrected chi connectivity index (χ2v) is 2.76. The molecule has 0 saturated carbocycles. The SMILES string of the molecule is NC(=O)C=CC(=O)O.O=C(Cl)C=CC(=O)Cl. The van der Waals surface area contributed by atoms with Crippen molar-refractivity contribution in [1.82, 2.24) is 0 Å². The molecule has 0 rings (SSSR count). The van der Waals surface area contributed by atoms with E-state index in [0.29, 0.717) is 6.08 Å². The van der Waals surface area contributed by atoms with Gasteiger partial charge in [0.15, 0.2) is 0 Å². The van der Waals surface area contributed by atoms with Crippen molar-refractivity contribution in [2.45, 2.75) is 0 Å². The van der Waals surface area contributed by atoms with Crippen LogP contribution < -0.4 is 5.73 Å². The number of halogens is 2. The van der Waals surface area contributed by atoms with E-state index in [1.54, 1.807) is 0 Å². The Morgan fingerprint density at radius 2 is 1.25 bits per heavy atom. The van der Waals surface area contributed by atoms with Gasteiger partial charge in [0, 0.05) is 24.3 Å². The molecular formula is C8H7Cl2NO5. The van der Waals surface area contributed by atoms with E-state index in [1.807, 2.05) is 0 Å². The van der Waals surface area contributed by atoms with Gasteiger partial charge in [0.2, 0.25) is 16.4 Å². The van der Waals surface area contributed by atoms with E-state index in [0.717, 1.165) is 18.2 Å². The highest BCUT2D eigenvalue weighted by atomic mass is 35.5. The Bertz CT molecular complexity index is 282. The molecule has 0 aromatic rings. The fourth-order valence-electron chi connectivity index (χ4n) is 0.284. The molecule has 3 N–H and O–H groups in total. The Balaban J connectivity index is 0. The van der Waals surface area contributed by atoms with E-state index < -0.39 is 22.4 Å². The number of nitrogens with two attached hydrogens (primary N) is 1. The van der Waals surface area contributed by atoms with Crippen molar-refractivity contribution < 1.29 is 24.3 Å². The molecule has 0 atom stereocenters. The Morgan fingerprint density at radius 3 is 1.38 bits per heavy atom. The van der Waals surface area contributed by atoms with Gasteiger partial charge in [-0.05, 0) is 23.2 Å². The quantitative estimate of drug-likeness (QED) is 0.557. The molecule has 1 amide bonds. The molecule has 0 aromatic heterocycles. The number of allylic oxidation sites excluding steroid dienone is 2. The van der Waals surface area contributed by atoms with Crippen LogP contribution in [0.1, 0.15) is 0 Å². The molecule has 0 aliphatic carbocycles. The van der Waals surface area contributed by atoms with Crippen LogP contribution in [-0.4, -0.2) is 27.5 Å². The summed E-state index contributed by atoms with van der Waals surface area (Å²) in [7, 11) is 0. The van der Waals surface area contributed by atoms with E-state index in [2.05, 4.69) is 5.73 Å². The van der Waals surface area contributed by atoms with Gasteiger partial charge in [-0.2, -0.15) is 0 Å². The molecule has 0 saturated heterocycles. The first-order valence-corrected chi connectivity index (χ1v) is 4.28. The molecule has 88 valence electrons. The average molecular weight is 268 g/mol. The topological polar surface area (TPSA) is 115 Å². The van der Waals surface area contributed by atoms with Crippen molar-refractivity contribution in [2.24, 2.45) is 5.73 Å². The first-order chi connectivity index (χ1) is 7.25. The number of amides is 1. The van der Waals surface area contributed by atoms with E-state index >= 15 is 0 Å². The van der Waals surface area contributed by atoms with Crippen LogP contribution in [-0.2, 0) is 19.2 Å². The van der Waals surface area contributed by atoms with Crippen molar-refractivity contribution in [3.8, 4) is 0 Å². The first kappa shape index (κ1) is 16.8. The van der Waals surface area contributed by atoms with Crippen LogP contribution in [0.2, 0.25) is 0 Å². The Kier molecular flexibility index (Phi) is 10.3. The fraction of sp³-hybridized carbons (Fsp3) is 0. The molecule has 0 fully saturated rings. The summed E-state index contributed by atoms with van der Waals surface area (Å²) in [6, 6.07) is 0. The smallest absolute Gasteiger partial charge is 0.328 e. The molecular weight excluding hydrogens is 261 g/mol. The third-order valence-corrected chi connectivity index (χ3v) is 0.988. The molecule has 0 spiro atoms. The van der Waals surface area contributed by atoms with Crippen molar-refractivity contribution in [2.75, 3.05) is 0 Å². The monoisotopic (exact) mass is 267 g/mol. The summed E-state index contributed by atoms with van der Waals surface area (Å²) in [5.41, 5.74) is 4.55. The van der Waals surface area contributed by atoms with Crippen molar-refractivity contribution in [3.05, 3.63) is 24.3 Å². The molecule has 0 unspecified atom stereocenters. The van der Waals surface area contributed by atoms with Gasteiger partial charge in [0.25, 0.3) is 0 Å². The Labute approximate surface area is 100 Å². The summed E-state index contributed by atoms with van der Waals surface area (Å²) in [5.74, 6) is -1.93. The zero-order chi connectivity index (χ0) is 13.1. The maximum atomic E-state index is 9.82. The Morgan fingerprint density at radius 1 is 0.875 bits per heavy atom. The normalized spacial score (nSPS) is 9.62. The predicted octanol–water partition coefficient (Wildman–Crippen LogP) is 0.186. The van der Waals surface area contributed by atoms with Crippen LogP contribution in [0.25, 0.3) is 0 Å². The number of carboxylic acid groups (broad SMARTS) is 1. The number of primary amides is 1. The second-order valence-electron chi connectivity index (χ2n) is 2.02. The number of aliphatic carboxylic acids is 1. The molecule has 0 radical (unpaired) electrons. The van der Waals surface area contributed by atoms with E-state index in [9.17, 15) is 19.2 Å². The van der Waals surface area contributed by atoms with Crippen LogP contribution in [0.5, 0.6) is 0 Å². The highest BCUT2D eigenvalue weighted by molar-refractivity contribution is 6.69. The zero-order valence-corrected chi connectivity index (χ0v) is 9.23. The number of carbonyl (C=O) groups excluding carboxylic acids is 3. The summed E-state index contributed by atoms with van der Waals surface area (Å²) < 4.78 is 0. The van der Waals surface area contributed by atoms with Gasteiger partial charge in [-0.3, -0.25) is 14.4 Å². The van der Waals surface area contributed by atoms with Gasteiger partial charge in [0.1, 0.15) is 0 Å². The van der Waals surface area contributed by atoms with E-state index in [-0.39, 0.29) is 0 Å². The molecule has 0 aliphatic rings. The largest absolute Gasteiger partial charge is 0.478 e. The van der Waals surface area contributed by atoms with Gasteiger partial charge < -0.3 is 10.8 Å². The van der Waals surface area contributed by atoms with Gasteiger partial charge in [-0.25, -0.2) is 4.79 Å². The van der Waals surface area contributed by atoms with E-state index in [4.69, 9.17) is 28.3 Å². The lowest BCUT2D eigenvalue weighted by Gasteiger charge is -1.75. The number of carboxylic acids is 1. The molecule has 8 heteroatoms. The first-order valence-electron chi connectivity index (χ1n) is 3.53. The maximum absolute atomic E-state index is 9.82. The minimum atomic E-state index is -1.18. The highest BCUT2D eigenvalue weighted by Gasteiger charge is 1.87. The predicted molar refractivity (Wildman–Crippen MR) is 56.8 cm³/mol. The molecule has 0 aromatic carbocycles. The van der Waals surface area contributed by atoms with Gasteiger partial charge in [-0.15, -0.1) is 0 Å². The number of hydrogen-bond donors (Lipinski definition) is 2. The van der Waals surface area contributed by atoms with Crippen molar-refractivity contribution >= 4 is 45.6 Å². The zero-order valence-electron chi connectivity index (χ0n) is 7.72. The third kappa shape index (κ3) is 22.8. The van der Waals surface area contributed by atoms with Gasteiger partial charge >= 0.3 is 5.97 Å². The molecule has 16 heavy (non-hydrogen) atoms. The summed E-state index contributed by atoms with van der Waals surface area (Å²) >= 11 is 9.57. The van der Waals surface area contributed by atoms with Crippen LogP contribution in [0.4, 0.5) is 0 Å². The average Bonchev–Trinajstić information content (AvgIpc) is 2.12. The van der Waals surface area contributed by atoms with Crippen LogP contribution in [0.3, 0.4) is 0 Å². The molecule has 0 bridgehead atoms. The van der Waals surface area contributed by atoms with E-state index in [1.165, 1.54) is 0 Å². The summed E-state index contributed by atoms with van der Waals surface area (Å²) in [6.07, 6.45) is 3.23. The fourth-order valence-corrected chi connectivity index (χ4v) is 0.410. The number of carbonyl (C=O) groups is 4. The second kappa shape index (κ2) is 9.88. The molecule has 6 nitrogen and oxygen atoms in total. The van der Waals surface area contributed by atoms with Crippen LogP contribution >= 0.6 is 23.2 Å². The summed E-state index contributed by atoms with van der Waals surface area (Å²) in [6.45, 7) is 0. The third-order valence-electron chi connectivity index (χ3n) is 0.736. The summed E-state index contributed by atoms with van der Waals surface area (Å²) in [4.78, 5) is 39.0.